The van der Waals surface area contributed by atoms with Crippen LogP contribution in [-0.4, -0.2) is 45.7 Å². The van der Waals surface area contributed by atoms with E-state index in [1.54, 1.807) is 21.3 Å². The summed E-state index contributed by atoms with van der Waals surface area (Å²) in [4.78, 5) is 14.3. The third-order valence-corrected chi connectivity index (χ3v) is 4.51. The predicted molar refractivity (Wildman–Crippen MR) is 110 cm³/mol. The number of benzene rings is 2. The van der Waals surface area contributed by atoms with Gasteiger partial charge in [0.2, 0.25) is 11.7 Å². The minimum Gasteiger partial charge on any atom is -0.493 e. The monoisotopic (exact) mass is 386 g/mol. The molecule has 2 rings (SSSR count). The first-order valence-electron chi connectivity index (χ1n) is 9.32. The van der Waals surface area contributed by atoms with Crippen molar-refractivity contribution in [2.24, 2.45) is 0 Å². The van der Waals surface area contributed by atoms with Gasteiger partial charge < -0.3 is 19.5 Å². The Morgan fingerprint density at radius 2 is 1.50 bits per heavy atom. The molecule has 0 heterocycles. The van der Waals surface area contributed by atoms with Gasteiger partial charge in [0.1, 0.15) is 0 Å². The summed E-state index contributed by atoms with van der Waals surface area (Å²) in [6.07, 6.45) is 1.03. The number of amides is 1. The normalized spacial score (nSPS) is 10.6. The van der Waals surface area contributed by atoms with Gasteiger partial charge in [-0.15, -0.1) is 0 Å². The molecular formula is C22H30N2O4. The van der Waals surface area contributed by atoms with Crippen molar-refractivity contribution in [1.29, 1.82) is 0 Å². The topological polar surface area (TPSA) is 60.0 Å². The molecule has 2 aromatic rings. The Bertz CT molecular complexity index is 750. The van der Waals surface area contributed by atoms with Crippen LogP contribution in [0, 0.1) is 0 Å². The van der Waals surface area contributed by atoms with Crippen molar-refractivity contribution in [3.63, 3.8) is 0 Å². The van der Waals surface area contributed by atoms with Crippen molar-refractivity contribution in [2.45, 2.75) is 26.4 Å². The highest BCUT2D eigenvalue weighted by Gasteiger charge is 2.14. The van der Waals surface area contributed by atoms with E-state index in [1.165, 1.54) is 11.1 Å². The lowest BCUT2D eigenvalue weighted by molar-refractivity contribution is -0.122. The number of aryl methyl sites for hydroxylation is 1. The third kappa shape index (κ3) is 5.89. The van der Waals surface area contributed by atoms with E-state index < -0.39 is 0 Å². The van der Waals surface area contributed by atoms with Crippen molar-refractivity contribution >= 4 is 5.91 Å². The first kappa shape index (κ1) is 21.6. The summed E-state index contributed by atoms with van der Waals surface area (Å²) in [5.41, 5.74) is 3.38. The van der Waals surface area contributed by atoms with Crippen molar-refractivity contribution < 1.29 is 19.0 Å². The van der Waals surface area contributed by atoms with Crippen molar-refractivity contribution in [1.82, 2.24) is 10.2 Å². The standard InChI is InChI=1S/C22H30N2O4/c1-6-16-7-9-17(10-8-16)14-24(2)15-21(25)23-13-18-11-19(26-3)22(28-5)20(12-18)27-4/h7-12H,6,13-15H2,1-5H3,(H,23,25). The Morgan fingerprint density at radius 3 is 2.00 bits per heavy atom. The number of methoxy groups -OCH3 is 3. The van der Waals surface area contributed by atoms with E-state index in [-0.39, 0.29) is 5.91 Å². The van der Waals surface area contributed by atoms with E-state index in [0.717, 1.165) is 18.5 Å². The smallest absolute Gasteiger partial charge is 0.234 e. The Kier molecular flexibility index (Phi) is 8.14. The summed E-state index contributed by atoms with van der Waals surface area (Å²) in [6, 6.07) is 12.2. The van der Waals surface area contributed by atoms with Crippen molar-refractivity contribution in [2.75, 3.05) is 34.9 Å². The highest BCUT2D eigenvalue weighted by molar-refractivity contribution is 5.78. The minimum atomic E-state index is -0.0403. The van der Waals surface area contributed by atoms with E-state index in [9.17, 15) is 4.79 Å². The molecule has 6 nitrogen and oxygen atoms in total. The molecule has 28 heavy (non-hydrogen) atoms. The molecule has 1 amide bonds. The van der Waals surface area contributed by atoms with Crippen LogP contribution in [0.2, 0.25) is 0 Å². The van der Waals surface area contributed by atoms with Gasteiger partial charge in [0.15, 0.2) is 11.5 Å². The predicted octanol–water partition coefficient (Wildman–Crippen LogP) is 3.02. The Morgan fingerprint density at radius 1 is 0.929 bits per heavy atom. The van der Waals surface area contributed by atoms with Crippen LogP contribution in [0.1, 0.15) is 23.6 Å². The van der Waals surface area contributed by atoms with Gasteiger partial charge >= 0.3 is 0 Å². The van der Waals surface area contributed by atoms with Gasteiger partial charge in [-0.25, -0.2) is 0 Å². The van der Waals surface area contributed by atoms with Crippen LogP contribution in [-0.2, 0) is 24.3 Å². The second-order valence-corrected chi connectivity index (χ2v) is 6.65. The number of nitrogens with zero attached hydrogens (tertiary/aromatic N) is 1. The van der Waals surface area contributed by atoms with Gasteiger partial charge in [0.05, 0.1) is 27.9 Å². The van der Waals surface area contributed by atoms with Gasteiger partial charge in [0.25, 0.3) is 0 Å². The average Bonchev–Trinajstić information content (AvgIpc) is 2.71. The maximum absolute atomic E-state index is 12.3. The van der Waals surface area contributed by atoms with E-state index in [0.29, 0.717) is 30.3 Å². The summed E-state index contributed by atoms with van der Waals surface area (Å²) < 4.78 is 16.0. The number of hydrogen-bond acceptors (Lipinski definition) is 5. The van der Waals surface area contributed by atoms with Crippen LogP contribution < -0.4 is 19.5 Å². The van der Waals surface area contributed by atoms with Crippen LogP contribution in [0.5, 0.6) is 17.2 Å². The highest BCUT2D eigenvalue weighted by atomic mass is 16.5. The Balaban J connectivity index is 1.90. The van der Waals surface area contributed by atoms with E-state index in [1.807, 2.05) is 24.1 Å². The first-order chi connectivity index (χ1) is 13.5. The van der Waals surface area contributed by atoms with E-state index in [2.05, 4.69) is 36.5 Å². The molecule has 6 heteroatoms. The largest absolute Gasteiger partial charge is 0.493 e. The summed E-state index contributed by atoms with van der Waals surface area (Å²) >= 11 is 0. The van der Waals surface area contributed by atoms with Gasteiger partial charge in [-0.05, 0) is 42.3 Å². The lowest BCUT2D eigenvalue weighted by Crippen LogP contribution is -2.34. The number of nitrogens with one attached hydrogen (secondary N) is 1. The summed E-state index contributed by atoms with van der Waals surface area (Å²) in [5, 5.41) is 2.94. The SMILES string of the molecule is CCc1ccc(CN(C)CC(=O)NCc2cc(OC)c(OC)c(OC)c2)cc1. The summed E-state index contributed by atoms with van der Waals surface area (Å²) in [6.45, 7) is 3.57. The van der Waals surface area contributed by atoms with Crippen LogP contribution in [0.25, 0.3) is 0 Å². The van der Waals surface area contributed by atoms with Crippen LogP contribution >= 0.6 is 0 Å². The fourth-order valence-corrected chi connectivity index (χ4v) is 2.99. The lowest BCUT2D eigenvalue weighted by Gasteiger charge is -2.17. The van der Waals surface area contributed by atoms with Crippen LogP contribution in [0.15, 0.2) is 36.4 Å². The zero-order valence-corrected chi connectivity index (χ0v) is 17.4. The van der Waals surface area contributed by atoms with Crippen molar-refractivity contribution in [3.05, 3.63) is 53.1 Å². The molecule has 0 aliphatic rings. The molecule has 0 aliphatic heterocycles. The van der Waals surface area contributed by atoms with Crippen molar-refractivity contribution in [3.8, 4) is 17.2 Å². The third-order valence-electron chi connectivity index (χ3n) is 4.51. The zero-order chi connectivity index (χ0) is 20.5. The molecule has 0 fully saturated rings. The molecule has 0 spiro atoms. The molecule has 0 saturated heterocycles. The molecule has 152 valence electrons. The fourth-order valence-electron chi connectivity index (χ4n) is 2.99. The number of likely N-dealkylation sites (N-methyl/N-ethyl adjacent to an activating group) is 1. The minimum absolute atomic E-state index is 0.0403. The molecule has 0 aliphatic carbocycles. The molecule has 0 atom stereocenters. The molecule has 0 bridgehead atoms. The molecule has 1 N–H and O–H groups in total. The van der Waals surface area contributed by atoms with Gasteiger partial charge in [-0.2, -0.15) is 0 Å². The van der Waals surface area contributed by atoms with Gasteiger partial charge in [0, 0.05) is 13.1 Å². The second-order valence-electron chi connectivity index (χ2n) is 6.65. The average molecular weight is 386 g/mol. The lowest BCUT2D eigenvalue weighted by atomic mass is 10.1. The molecule has 0 unspecified atom stereocenters. The van der Waals surface area contributed by atoms with E-state index in [4.69, 9.17) is 14.2 Å². The number of carbonyl (C=O) groups is 1. The molecular weight excluding hydrogens is 356 g/mol. The maximum Gasteiger partial charge on any atom is 0.234 e. The number of ether oxygens (including phenoxy) is 3. The number of rotatable bonds is 10. The highest BCUT2D eigenvalue weighted by Crippen LogP contribution is 2.38. The fraction of sp³-hybridized carbons (Fsp3) is 0.409. The van der Waals surface area contributed by atoms with Crippen LogP contribution in [0.4, 0.5) is 0 Å². The Hall–Kier alpha value is -2.73. The van der Waals surface area contributed by atoms with Gasteiger partial charge in [-0.3, -0.25) is 9.69 Å². The first-order valence-corrected chi connectivity index (χ1v) is 9.32. The van der Waals surface area contributed by atoms with Crippen LogP contribution in [0.3, 0.4) is 0 Å². The quantitative estimate of drug-likeness (QED) is 0.680. The maximum atomic E-state index is 12.3. The number of hydrogen-bond donors (Lipinski definition) is 1. The zero-order valence-electron chi connectivity index (χ0n) is 17.4. The number of carbonyl (C=O) groups excluding carboxylic acids is 1. The molecule has 0 aromatic heterocycles. The molecule has 0 saturated carbocycles. The molecule has 2 aromatic carbocycles. The van der Waals surface area contributed by atoms with E-state index >= 15 is 0 Å². The second kappa shape index (κ2) is 10.6. The Labute approximate surface area is 167 Å². The summed E-state index contributed by atoms with van der Waals surface area (Å²) in [5.74, 6) is 1.63. The van der Waals surface area contributed by atoms with Gasteiger partial charge in [-0.1, -0.05) is 31.2 Å². The summed E-state index contributed by atoms with van der Waals surface area (Å²) in [7, 11) is 6.64. The molecule has 0 radical (unpaired) electrons.